The van der Waals surface area contributed by atoms with Gasteiger partial charge in [-0.1, -0.05) is 24.8 Å². The van der Waals surface area contributed by atoms with E-state index in [4.69, 9.17) is 0 Å². The van der Waals surface area contributed by atoms with Crippen LogP contribution in [0.1, 0.15) is 6.92 Å². The number of hydrogen-bond acceptors (Lipinski definition) is 1. The summed E-state index contributed by atoms with van der Waals surface area (Å²) in [7, 11) is 2.13. The van der Waals surface area contributed by atoms with E-state index >= 15 is 0 Å². The molecule has 0 unspecified atom stereocenters. The van der Waals surface area contributed by atoms with Crippen LogP contribution in [0.4, 0.5) is 0 Å². The van der Waals surface area contributed by atoms with Gasteiger partial charge in [0.1, 0.15) is 0 Å². The summed E-state index contributed by atoms with van der Waals surface area (Å²) in [5.74, 6) is 0. The number of nitrogens with zero attached hydrogens (tertiary/aromatic N) is 1. The summed E-state index contributed by atoms with van der Waals surface area (Å²) in [4.78, 5) is 2.30. The van der Waals surface area contributed by atoms with Gasteiger partial charge in [0.05, 0.1) is 0 Å². The van der Waals surface area contributed by atoms with Crippen LogP contribution in [0.25, 0.3) is 0 Å². The fourth-order valence-corrected chi connectivity index (χ4v) is 1.42. The van der Waals surface area contributed by atoms with E-state index in [9.17, 15) is 0 Å². The number of likely N-dealkylation sites (tertiary alicyclic amines) is 1. The van der Waals surface area contributed by atoms with Gasteiger partial charge < -0.3 is 0 Å². The maximum Gasteiger partial charge on any atom is 0.0237 e. The zero-order valence-electron chi connectivity index (χ0n) is 7.30. The lowest BCUT2D eigenvalue weighted by atomic mass is 10.1. The molecule has 60 valence electrons. The topological polar surface area (TPSA) is 3.24 Å². The van der Waals surface area contributed by atoms with Crippen molar-refractivity contribution in [3.8, 4) is 0 Å². The van der Waals surface area contributed by atoms with Crippen molar-refractivity contribution in [3.63, 3.8) is 0 Å². The van der Waals surface area contributed by atoms with Gasteiger partial charge >= 0.3 is 0 Å². The van der Waals surface area contributed by atoms with Crippen molar-refractivity contribution in [2.45, 2.75) is 6.92 Å². The van der Waals surface area contributed by atoms with Crippen LogP contribution in [0.5, 0.6) is 0 Å². The minimum Gasteiger partial charge on any atom is -0.298 e. The molecule has 1 heterocycles. The van der Waals surface area contributed by atoms with E-state index in [-0.39, 0.29) is 0 Å². The largest absolute Gasteiger partial charge is 0.298 e. The fourth-order valence-electron chi connectivity index (χ4n) is 1.42. The molecule has 0 N–H and O–H groups in total. The highest BCUT2D eigenvalue weighted by Crippen LogP contribution is 2.19. The average molecular weight is 149 g/mol. The van der Waals surface area contributed by atoms with Gasteiger partial charge in [0.25, 0.3) is 0 Å². The second kappa shape index (κ2) is 3.54. The molecule has 1 fully saturated rings. The molecule has 1 nitrogen and oxygen atoms in total. The van der Waals surface area contributed by atoms with Crippen LogP contribution in [-0.2, 0) is 0 Å². The Hall–Kier alpha value is -0.820. The summed E-state index contributed by atoms with van der Waals surface area (Å²) in [6, 6.07) is 0. The zero-order valence-corrected chi connectivity index (χ0v) is 7.30. The van der Waals surface area contributed by atoms with Crippen molar-refractivity contribution in [1.82, 2.24) is 4.90 Å². The van der Waals surface area contributed by atoms with Gasteiger partial charge in [-0.25, -0.2) is 0 Å². The Kier molecular flexibility index (Phi) is 2.66. The lowest BCUT2D eigenvalue weighted by Crippen LogP contribution is -2.11. The van der Waals surface area contributed by atoms with Gasteiger partial charge in [0, 0.05) is 13.1 Å². The highest BCUT2D eigenvalue weighted by Gasteiger charge is 2.15. The normalized spacial score (nSPS) is 26.7. The van der Waals surface area contributed by atoms with E-state index in [2.05, 4.69) is 37.6 Å². The van der Waals surface area contributed by atoms with Crippen LogP contribution >= 0.6 is 0 Å². The number of hydrogen-bond donors (Lipinski definition) is 0. The molecule has 0 aliphatic carbocycles. The summed E-state index contributed by atoms with van der Waals surface area (Å²) in [6.07, 6.45) is 6.13. The van der Waals surface area contributed by atoms with E-state index in [1.54, 1.807) is 0 Å². The van der Waals surface area contributed by atoms with Gasteiger partial charge in [-0.3, -0.25) is 4.90 Å². The molecular formula is C10H15N. The Morgan fingerprint density at radius 3 is 2.55 bits per heavy atom. The van der Waals surface area contributed by atoms with Crippen LogP contribution in [0, 0.1) is 0 Å². The van der Waals surface area contributed by atoms with Gasteiger partial charge in [0.2, 0.25) is 0 Å². The predicted molar refractivity (Wildman–Crippen MR) is 49.5 cm³/mol. The molecule has 11 heavy (non-hydrogen) atoms. The molecular weight excluding hydrogens is 134 g/mol. The van der Waals surface area contributed by atoms with E-state index in [1.165, 1.54) is 11.1 Å². The minimum atomic E-state index is 1.06. The quantitative estimate of drug-likeness (QED) is 0.551. The molecule has 0 radical (unpaired) electrons. The first kappa shape index (κ1) is 8.28. The molecule has 0 saturated carbocycles. The Labute approximate surface area is 68.7 Å². The Morgan fingerprint density at radius 1 is 1.36 bits per heavy atom. The van der Waals surface area contributed by atoms with Crippen LogP contribution < -0.4 is 0 Å². The van der Waals surface area contributed by atoms with Crippen molar-refractivity contribution in [2.75, 3.05) is 20.1 Å². The molecule has 1 aliphatic heterocycles. The molecule has 0 spiro atoms. The molecule has 1 aliphatic rings. The predicted octanol–water partition coefficient (Wildman–Crippen LogP) is 1.99. The summed E-state index contributed by atoms with van der Waals surface area (Å²) in [6.45, 7) is 7.93. The van der Waals surface area contributed by atoms with Gasteiger partial charge in [-0.2, -0.15) is 0 Å². The second-order valence-electron chi connectivity index (χ2n) is 2.91. The lowest BCUT2D eigenvalue weighted by molar-refractivity contribution is 0.437. The van der Waals surface area contributed by atoms with Crippen LogP contribution in [0.3, 0.4) is 0 Å². The van der Waals surface area contributed by atoms with Crippen molar-refractivity contribution in [3.05, 3.63) is 36.0 Å². The summed E-state index contributed by atoms with van der Waals surface area (Å²) >= 11 is 0. The summed E-state index contributed by atoms with van der Waals surface area (Å²) < 4.78 is 0. The zero-order chi connectivity index (χ0) is 8.27. The SMILES string of the molecule is C=C/C=C1/CN(C)C/C1=C/C. The first-order valence-electron chi connectivity index (χ1n) is 3.93. The van der Waals surface area contributed by atoms with E-state index in [0.29, 0.717) is 0 Å². The first-order valence-corrected chi connectivity index (χ1v) is 3.93. The van der Waals surface area contributed by atoms with Crippen LogP contribution in [0.2, 0.25) is 0 Å². The van der Waals surface area contributed by atoms with Crippen molar-refractivity contribution >= 4 is 0 Å². The molecule has 1 heteroatoms. The highest BCUT2D eigenvalue weighted by atomic mass is 15.1. The van der Waals surface area contributed by atoms with Crippen LogP contribution in [-0.4, -0.2) is 25.0 Å². The first-order chi connectivity index (χ1) is 5.27. The molecule has 0 aromatic rings. The molecule has 0 aromatic carbocycles. The maximum atomic E-state index is 3.70. The molecule has 1 rings (SSSR count). The fraction of sp³-hybridized carbons (Fsp3) is 0.400. The number of allylic oxidation sites excluding steroid dienone is 3. The molecule has 0 amide bonds. The van der Waals surface area contributed by atoms with Gasteiger partial charge in [-0.15, -0.1) is 0 Å². The third-order valence-corrected chi connectivity index (χ3v) is 1.96. The second-order valence-corrected chi connectivity index (χ2v) is 2.91. The third kappa shape index (κ3) is 1.81. The standard InChI is InChI=1S/C10H15N/c1-4-6-10-8-11(3)7-9(10)5-2/h4-6H,1,7-8H2,2-3H3/b9-5-,10-6-. The lowest BCUT2D eigenvalue weighted by Gasteiger charge is -2.01. The van der Waals surface area contributed by atoms with E-state index in [1.807, 2.05) is 6.08 Å². The van der Waals surface area contributed by atoms with Crippen molar-refractivity contribution in [1.29, 1.82) is 0 Å². The summed E-state index contributed by atoms with van der Waals surface area (Å²) in [5, 5.41) is 0. The molecule has 0 bridgehead atoms. The molecule has 0 aromatic heterocycles. The Balaban J connectivity index is 2.81. The highest BCUT2D eigenvalue weighted by molar-refractivity contribution is 5.39. The molecule has 1 saturated heterocycles. The Morgan fingerprint density at radius 2 is 2.00 bits per heavy atom. The Bertz CT molecular complexity index is 211. The smallest absolute Gasteiger partial charge is 0.0237 e. The average Bonchev–Trinajstić information content (AvgIpc) is 2.32. The maximum absolute atomic E-state index is 3.70. The van der Waals surface area contributed by atoms with Crippen molar-refractivity contribution in [2.24, 2.45) is 0 Å². The number of rotatable bonds is 1. The third-order valence-electron chi connectivity index (χ3n) is 1.96. The summed E-state index contributed by atoms with van der Waals surface area (Å²) in [5.41, 5.74) is 2.84. The van der Waals surface area contributed by atoms with E-state index in [0.717, 1.165) is 13.1 Å². The minimum absolute atomic E-state index is 1.06. The monoisotopic (exact) mass is 149 g/mol. The van der Waals surface area contributed by atoms with Crippen molar-refractivity contribution < 1.29 is 0 Å². The van der Waals surface area contributed by atoms with Gasteiger partial charge in [0.15, 0.2) is 0 Å². The number of likely N-dealkylation sites (N-methyl/N-ethyl adjacent to an activating group) is 1. The van der Waals surface area contributed by atoms with Gasteiger partial charge in [-0.05, 0) is 25.1 Å². The van der Waals surface area contributed by atoms with E-state index < -0.39 is 0 Å². The molecule has 0 atom stereocenters. The van der Waals surface area contributed by atoms with Crippen LogP contribution in [0.15, 0.2) is 36.0 Å².